The highest BCUT2D eigenvalue weighted by Crippen LogP contribution is 2.22. The quantitative estimate of drug-likeness (QED) is 0.775. The summed E-state index contributed by atoms with van der Waals surface area (Å²) < 4.78 is 0. The van der Waals surface area contributed by atoms with Crippen LogP contribution in [0.5, 0.6) is 0 Å². The maximum Gasteiger partial charge on any atom is 0.228 e. The van der Waals surface area contributed by atoms with Gasteiger partial charge in [0.15, 0.2) is 0 Å². The molecule has 2 rings (SSSR count). The molecule has 2 aromatic carbocycles. The van der Waals surface area contributed by atoms with Gasteiger partial charge in [0.2, 0.25) is 5.91 Å². The fraction of sp³-hybridized carbons (Fsp3) is 0.0714. The van der Waals surface area contributed by atoms with Crippen LogP contribution in [0.2, 0.25) is 0 Å². The van der Waals surface area contributed by atoms with Crippen molar-refractivity contribution < 1.29 is 4.79 Å². The van der Waals surface area contributed by atoms with E-state index in [4.69, 9.17) is 0 Å². The molecular formula is C14H13NO. The molecule has 0 aliphatic carbocycles. The predicted molar refractivity (Wildman–Crippen MR) is 67.4 cm³/mol. The second-order valence-corrected chi connectivity index (χ2v) is 3.57. The van der Waals surface area contributed by atoms with Crippen LogP contribution in [0.1, 0.15) is 6.42 Å². The van der Waals surface area contributed by atoms with Crippen LogP contribution in [-0.4, -0.2) is 5.91 Å². The Kier molecular flexibility index (Phi) is 3.01. The Bertz CT molecular complexity index is 526. The molecule has 1 N–H and O–H groups in total. The summed E-state index contributed by atoms with van der Waals surface area (Å²) in [4.78, 5) is 11.5. The number of hydrogen-bond donors (Lipinski definition) is 1. The number of fused-ring (bicyclic) bond motifs is 1. The van der Waals surface area contributed by atoms with Crippen LogP contribution in [0.25, 0.3) is 10.8 Å². The molecule has 1 amide bonds. The summed E-state index contributed by atoms with van der Waals surface area (Å²) in [5.41, 5.74) is 0.852. The van der Waals surface area contributed by atoms with Gasteiger partial charge in [-0.3, -0.25) is 4.79 Å². The predicted octanol–water partition coefficient (Wildman–Crippen LogP) is 3.35. The Labute approximate surface area is 94.6 Å². The molecule has 0 aliphatic rings. The molecule has 0 fully saturated rings. The lowest BCUT2D eigenvalue weighted by molar-refractivity contribution is -0.115. The van der Waals surface area contributed by atoms with Gasteiger partial charge in [0.1, 0.15) is 0 Å². The number of anilines is 1. The highest BCUT2D eigenvalue weighted by molar-refractivity contribution is 6.02. The van der Waals surface area contributed by atoms with Crippen molar-refractivity contribution in [3.63, 3.8) is 0 Å². The van der Waals surface area contributed by atoms with Gasteiger partial charge in [-0.05, 0) is 11.5 Å². The second-order valence-electron chi connectivity index (χ2n) is 3.57. The monoisotopic (exact) mass is 211 g/mol. The first-order valence-corrected chi connectivity index (χ1v) is 5.20. The summed E-state index contributed by atoms with van der Waals surface area (Å²) in [6.45, 7) is 3.54. The minimum absolute atomic E-state index is 0.0358. The van der Waals surface area contributed by atoms with Gasteiger partial charge in [0.05, 0.1) is 0 Å². The Morgan fingerprint density at radius 2 is 1.94 bits per heavy atom. The first-order chi connectivity index (χ1) is 7.81. The van der Waals surface area contributed by atoms with Gasteiger partial charge < -0.3 is 5.32 Å². The SMILES string of the molecule is C=CCC(=O)Nc1cccc2ccccc12. The maximum atomic E-state index is 11.5. The summed E-state index contributed by atoms with van der Waals surface area (Å²) >= 11 is 0. The Balaban J connectivity index is 2.37. The molecule has 0 bridgehead atoms. The first kappa shape index (κ1) is 10.4. The van der Waals surface area contributed by atoms with Crippen LogP contribution in [0.3, 0.4) is 0 Å². The van der Waals surface area contributed by atoms with Crippen molar-refractivity contribution in [1.29, 1.82) is 0 Å². The van der Waals surface area contributed by atoms with E-state index >= 15 is 0 Å². The third-order valence-electron chi connectivity index (χ3n) is 2.39. The molecule has 2 heteroatoms. The largest absolute Gasteiger partial charge is 0.325 e. The molecule has 0 unspecified atom stereocenters. The van der Waals surface area contributed by atoms with Crippen LogP contribution in [-0.2, 0) is 4.79 Å². The van der Waals surface area contributed by atoms with Gasteiger partial charge >= 0.3 is 0 Å². The number of benzene rings is 2. The molecule has 0 aromatic heterocycles. The van der Waals surface area contributed by atoms with Crippen LogP contribution in [0.15, 0.2) is 55.1 Å². The number of hydrogen-bond acceptors (Lipinski definition) is 1. The van der Waals surface area contributed by atoms with E-state index in [9.17, 15) is 4.79 Å². The highest BCUT2D eigenvalue weighted by atomic mass is 16.1. The molecule has 80 valence electrons. The molecule has 2 nitrogen and oxygen atoms in total. The number of carbonyl (C=O) groups is 1. The van der Waals surface area contributed by atoms with E-state index in [1.165, 1.54) is 0 Å². The summed E-state index contributed by atoms with van der Waals surface area (Å²) in [5.74, 6) is -0.0358. The third kappa shape index (κ3) is 2.11. The lowest BCUT2D eigenvalue weighted by Gasteiger charge is -2.07. The van der Waals surface area contributed by atoms with Crippen molar-refractivity contribution in [3.8, 4) is 0 Å². The first-order valence-electron chi connectivity index (χ1n) is 5.20. The van der Waals surface area contributed by atoms with Crippen molar-refractivity contribution in [1.82, 2.24) is 0 Å². The molecule has 0 aliphatic heterocycles. The molecule has 0 heterocycles. The van der Waals surface area contributed by atoms with Crippen molar-refractivity contribution in [2.75, 3.05) is 5.32 Å². The van der Waals surface area contributed by atoms with Gasteiger partial charge in [-0.1, -0.05) is 42.5 Å². The zero-order valence-electron chi connectivity index (χ0n) is 8.94. The van der Waals surface area contributed by atoms with Crippen molar-refractivity contribution in [3.05, 3.63) is 55.1 Å². The number of carbonyl (C=O) groups excluding carboxylic acids is 1. The van der Waals surface area contributed by atoms with E-state index in [0.29, 0.717) is 6.42 Å². The summed E-state index contributed by atoms with van der Waals surface area (Å²) in [6.07, 6.45) is 1.93. The van der Waals surface area contributed by atoms with Crippen molar-refractivity contribution in [2.24, 2.45) is 0 Å². The fourth-order valence-electron chi connectivity index (χ4n) is 1.67. The zero-order chi connectivity index (χ0) is 11.4. The van der Waals surface area contributed by atoms with E-state index in [2.05, 4.69) is 11.9 Å². The van der Waals surface area contributed by atoms with E-state index in [0.717, 1.165) is 16.5 Å². The Morgan fingerprint density at radius 1 is 1.19 bits per heavy atom. The zero-order valence-corrected chi connectivity index (χ0v) is 8.94. The van der Waals surface area contributed by atoms with Gasteiger partial charge in [-0.2, -0.15) is 0 Å². The molecule has 16 heavy (non-hydrogen) atoms. The topological polar surface area (TPSA) is 29.1 Å². The summed E-state index contributed by atoms with van der Waals surface area (Å²) in [6, 6.07) is 13.8. The van der Waals surface area contributed by atoms with Crippen molar-refractivity contribution in [2.45, 2.75) is 6.42 Å². The van der Waals surface area contributed by atoms with Gasteiger partial charge in [-0.25, -0.2) is 0 Å². The summed E-state index contributed by atoms with van der Waals surface area (Å²) in [5, 5.41) is 5.06. The van der Waals surface area contributed by atoms with Crippen molar-refractivity contribution >= 4 is 22.4 Å². The van der Waals surface area contributed by atoms with Crippen LogP contribution in [0, 0.1) is 0 Å². The van der Waals surface area contributed by atoms with Gasteiger partial charge in [-0.15, -0.1) is 6.58 Å². The van der Waals surface area contributed by atoms with Gasteiger partial charge in [0.25, 0.3) is 0 Å². The molecule has 2 aromatic rings. The molecule has 0 saturated heterocycles. The number of nitrogens with one attached hydrogen (secondary N) is 1. The molecule has 0 radical (unpaired) electrons. The second kappa shape index (κ2) is 4.62. The Hall–Kier alpha value is -2.09. The van der Waals surface area contributed by atoms with Crippen LogP contribution < -0.4 is 5.32 Å². The van der Waals surface area contributed by atoms with E-state index < -0.39 is 0 Å². The molecule has 0 spiro atoms. The lowest BCUT2D eigenvalue weighted by Crippen LogP contribution is -2.09. The highest BCUT2D eigenvalue weighted by Gasteiger charge is 2.03. The maximum absolute atomic E-state index is 11.5. The standard InChI is InChI=1S/C14H13NO/c1-2-6-14(16)15-13-10-5-8-11-7-3-4-9-12(11)13/h2-5,7-10H,1,6H2,(H,15,16). The average molecular weight is 211 g/mol. The fourth-order valence-corrected chi connectivity index (χ4v) is 1.67. The van der Waals surface area contributed by atoms with E-state index in [1.807, 2.05) is 42.5 Å². The minimum Gasteiger partial charge on any atom is -0.325 e. The minimum atomic E-state index is -0.0358. The van der Waals surface area contributed by atoms with E-state index in [1.54, 1.807) is 6.08 Å². The van der Waals surface area contributed by atoms with Gasteiger partial charge in [0, 0.05) is 17.5 Å². The third-order valence-corrected chi connectivity index (χ3v) is 2.39. The van der Waals surface area contributed by atoms with Crippen LogP contribution >= 0.6 is 0 Å². The van der Waals surface area contributed by atoms with Crippen LogP contribution in [0.4, 0.5) is 5.69 Å². The normalized spacial score (nSPS) is 10.0. The Morgan fingerprint density at radius 3 is 2.75 bits per heavy atom. The molecular weight excluding hydrogens is 198 g/mol. The summed E-state index contributed by atoms with van der Waals surface area (Å²) in [7, 11) is 0. The number of amides is 1. The van der Waals surface area contributed by atoms with E-state index in [-0.39, 0.29) is 5.91 Å². The smallest absolute Gasteiger partial charge is 0.228 e. The molecule has 0 atom stereocenters. The molecule has 0 saturated carbocycles. The average Bonchev–Trinajstić information content (AvgIpc) is 2.30. The lowest BCUT2D eigenvalue weighted by atomic mass is 10.1. The number of rotatable bonds is 3.